The predicted octanol–water partition coefficient (Wildman–Crippen LogP) is 5.12. The standard InChI is InChI=1S/C16H15Cl2NO2S/c1-10(22-15-11(17)6-5-7-12(15)18)16(20)19-13-8-3-4-9-14(13)21-2/h3-10H,1-2H3,(H,19,20). The first-order valence-corrected chi connectivity index (χ1v) is 8.21. The fourth-order valence-corrected chi connectivity index (χ4v) is 3.35. The first kappa shape index (κ1) is 17.0. The highest BCUT2D eigenvalue weighted by Crippen LogP contribution is 2.36. The van der Waals surface area contributed by atoms with Crippen LogP contribution in [0.4, 0.5) is 5.69 Å². The average molecular weight is 356 g/mol. The molecular weight excluding hydrogens is 341 g/mol. The van der Waals surface area contributed by atoms with Gasteiger partial charge in [-0.05, 0) is 31.2 Å². The van der Waals surface area contributed by atoms with E-state index in [-0.39, 0.29) is 11.2 Å². The highest BCUT2D eigenvalue weighted by atomic mass is 35.5. The smallest absolute Gasteiger partial charge is 0.237 e. The molecule has 0 saturated carbocycles. The van der Waals surface area contributed by atoms with Gasteiger partial charge in [0.1, 0.15) is 5.75 Å². The number of halogens is 2. The van der Waals surface area contributed by atoms with Gasteiger partial charge in [0.25, 0.3) is 0 Å². The van der Waals surface area contributed by atoms with Gasteiger partial charge in [-0.3, -0.25) is 4.79 Å². The Labute approximate surface area is 144 Å². The largest absolute Gasteiger partial charge is 0.495 e. The number of anilines is 1. The van der Waals surface area contributed by atoms with Crippen molar-refractivity contribution in [2.45, 2.75) is 17.1 Å². The summed E-state index contributed by atoms with van der Waals surface area (Å²) in [5.41, 5.74) is 0.632. The second kappa shape index (κ2) is 7.77. The maximum absolute atomic E-state index is 12.3. The lowest BCUT2D eigenvalue weighted by Crippen LogP contribution is -2.22. The number of carbonyl (C=O) groups excluding carboxylic acids is 1. The fourth-order valence-electron chi connectivity index (χ4n) is 1.81. The van der Waals surface area contributed by atoms with Crippen molar-refractivity contribution in [3.63, 3.8) is 0 Å². The summed E-state index contributed by atoms with van der Waals surface area (Å²) in [6, 6.07) is 12.5. The van der Waals surface area contributed by atoms with Gasteiger partial charge in [-0.2, -0.15) is 0 Å². The van der Waals surface area contributed by atoms with Crippen molar-refractivity contribution in [3.8, 4) is 5.75 Å². The van der Waals surface area contributed by atoms with Crippen LogP contribution in [0, 0.1) is 0 Å². The van der Waals surface area contributed by atoms with Crippen LogP contribution in [0.3, 0.4) is 0 Å². The molecule has 0 aliphatic rings. The van der Waals surface area contributed by atoms with E-state index in [2.05, 4.69) is 5.32 Å². The van der Waals surface area contributed by atoms with Crippen LogP contribution in [0.1, 0.15) is 6.92 Å². The zero-order valence-corrected chi connectivity index (χ0v) is 14.4. The summed E-state index contributed by atoms with van der Waals surface area (Å²) >= 11 is 13.6. The molecule has 2 rings (SSSR count). The van der Waals surface area contributed by atoms with E-state index in [4.69, 9.17) is 27.9 Å². The van der Waals surface area contributed by atoms with Crippen molar-refractivity contribution in [3.05, 3.63) is 52.5 Å². The van der Waals surface area contributed by atoms with Crippen molar-refractivity contribution in [2.75, 3.05) is 12.4 Å². The number of hydrogen-bond acceptors (Lipinski definition) is 3. The lowest BCUT2D eigenvalue weighted by molar-refractivity contribution is -0.115. The number of methoxy groups -OCH3 is 1. The Bertz CT molecular complexity index is 659. The summed E-state index contributed by atoms with van der Waals surface area (Å²) in [4.78, 5) is 13.0. The van der Waals surface area contributed by atoms with Gasteiger partial charge in [-0.25, -0.2) is 0 Å². The quantitative estimate of drug-likeness (QED) is 0.756. The maximum atomic E-state index is 12.3. The number of rotatable bonds is 5. The van der Waals surface area contributed by atoms with Crippen LogP contribution >= 0.6 is 35.0 Å². The summed E-state index contributed by atoms with van der Waals surface area (Å²) in [6.07, 6.45) is 0. The molecule has 3 nitrogen and oxygen atoms in total. The van der Waals surface area contributed by atoms with Crippen LogP contribution in [0.25, 0.3) is 0 Å². The minimum absolute atomic E-state index is 0.148. The SMILES string of the molecule is COc1ccccc1NC(=O)C(C)Sc1c(Cl)cccc1Cl. The van der Waals surface area contributed by atoms with Crippen LogP contribution in [0.2, 0.25) is 10.0 Å². The molecule has 6 heteroatoms. The minimum atomic E-state index is -0.359. The molecule has 0 radical (unpaired) electrons. The summed E-state index contributed by atoms with van der Waals surface area (Å²) in [5.74, 6) is 0.467. The van der Waals surface area contributed by atoms with Crippen molar-refractivity contribution in [1.82, 2.24) is 0 Å². The summed E-state index contributed by atoms with van der Waals surface area (Å²) in [6.45, 7) is 1.80. The Hall–Kier alpha value is -1.36. The molecule has 0 spiro atoms. The van der Waals surface area contributed by atoms with E-state index in [1.54, 1.807) is 44.4 Å². The van der Waals surface area contributed by atoms with Crippen LogP contribution in [0.5, 0.6) is 5.75 Å². The molecule has 1 amide bonds. The Morgan fingerprint density at radius 3 is 2.41 bits per heavy atom. The third-order valence-electron chi connectivity index (χ3n) is 2.95. The predicted molar refractivity (Wildman–Crippen MR) is 93.4 cm³/mol. The zero-order chi connectivity index (χ0) is 16.1. The number of amides is 1. The normalized spacial score (nSPS) is 11.8. The maximum Gasteiger partial charge on any atom is 0.237 e. The molecule has 0 bridgehead atoms. The van der Waals surface area contributed by atoms with Crippen molar-refractivity contribution in [1.29, 1.82) is 0 Å². The van der Waals surface area contributed by atoms with Gasteiger partial charge in [0.2, 0.25) is 5.91 Å². The second-order valence-electron chi connectivity index (χ2n) is 4.50. The summed E-state index contributed by atoms with van der Waals surface area (Å²) < 4.78 is 5.22. The summed E-state index contributed by atoms with van der Waals surface area (Å²) in [7, 11) is 1.56. The van der Waals surface area contributed by atoms with Gasteiger partial charge < -0.3 is 10.1 Å². The molecule has 0 aliphatic heterocycles. The molecule has 1 N–H and O–H groups in total. The second-order valence-corrected chi connectivity index (χ2v) is 6.67. The topological polar surface area (TPSA) is 38.3 Å². The number of ether oxygens (including phenoxy) is 1. The molecule has 22 heavy (non-hydrogen) atoms. The van der Waals surface area contributed by atoms with Crippen molar-refractivity contribution < 1.29 is 9.53 Å². The highest BCUT2D eigenvalue weighted by molar-refractivity contribution is 8.00. The van der Waals surface area contributed by atoms with E-state index in [9.17, 15) is 4.79 Å². The van der Waals surface area contributed by atoms with Gasteiger partial charge in [0, 0.05) is 4.90 Å². The van der Waals surface area contributed by atoms with Crippen LogP contribution in [-0.2, 0) is 4.79 Å². The first-order chi connectivity index (χ1) is 10.5. The number of hydrogen-bond donors (Lipinski definition) is 1. The Morgan fingerprint density at radius 1 is 1.14 bits per heavy atom. The first-order valence-electron chi connectivity index (χ1n) is 6.57. The van der Waals surface area contributed by atoms with E-state index in [1.165, 1.54) is 11.8 Å². The van der Waals surface area contributed by atoms with Gasteiger partial charge in [-0.1, -0.05) is 41.4 Å². The zero-order valence-electron chi connectivity index (χ0n) is 12.1. The van der Waals surface area contributed by atoms with Gasteiger partial charge >= 0.3 is 0 Å². The molecule has 0 fully saturated rings. The Balaban J connectivity index is 2.10. The Morgan fingerprint density at radius 2 is 1.77 bits per heavy atom. The summed E-state index contributed by atoms with van der Waals surface area (Å²) in [5, 5.41) is 3.56. The van der Waals surface area contributed by atoms with E-state index in [0.717, 1.165) is 0 Å². The van der Waals surface area contributed by atoms with Crippen molar-refractivity contribution in [2.24, 2.45) is 0 Å². The number of carbonyl (C=O) groups is 1. The van der Waals surface area contributed by atoms with Crippen LogP contribution < -0.4 is 10.1 Å². The number of thioether (sulfide) groups is 1. The molecular formula is C16H15Cl2NO2S. The third-order valence-corrected chi connectivity index (χ3v) is 5.04. The van der Waals surface area contributed by atoms with Gasteiger partial charge in [0.05, 0.1) is 28.1 Å². The third kappa shape index (κ3) is 4.09. The van der Waals surface area contributed by atoms with Crippen molar-refractivity contribution >= 4 is 46.6 Å². The molecule has 0 heterocycles. The monoisotopic (exact) mass is 355 g/mol. The van der Waals surface area contributed by atoms with Crippen LogP contribution in [0.15, 0.2) is 47.4 Å². The van der Waals surface area contributed by atoms with Gasteiger partial charge in [-0.15, -0.1) is 11.8 Å². The lowest BCUT2D eigenvalue weighted by Gasteiger charge is -2.15. The van der Waals surface area contributed by atoms with Crippen LogP contribution in [-0.4, -0.2) is 18.3 Å². The van der Waals surface area contributed by atoms with E-state index < -0.39 is 0 Å². The molecule has 2 aromatic rings. The average Bonchev–Trinajstić information content (AvgIpc) is 2.51. The number of nitrogens with one attached hydrogen (secondary N) is 1. The fraction of sp³-hybridized carbons (Fsp3) is 0.188. The molecule has 1 atom stereocenters. The minimum Gasteiger partial charge on any atom is -0.495 e. The van der Waals surface area contributed by atoms with E-state index >= 15 is 0 Å². The molecule has 0 saturated heterocycles. The molecule has 0 aromatic heterocycles. The number of benzene rings is 2. The Kier molecular flexibility index (Phi) is 6.00. The van der Waals surface area contributed by atoms with Gasteiger partial charge in [0.15, 0.2) is 0 Å². The molecule has 1 unspecified atom stereocenters. The van der Waals surface area contributed by atoms with E-state index in [1.807, 2.05) is 12.1 Å². The molecule has 0 aliphatic carbocycles. The molecule has 116 valence electrons. The number of para-hydroxylation sites is 2. The lowest BCUT2D eigenvalue weighted by atomic mass is 10.3. The highest BCUT2D eigenvalue weighted by Gasteiger charge is 2.19. The van der Waals surface area contributed by atoms with E-state index in [0.29, 0.717) is 26.4 Å². The molecule has 2 aromatic carbocycles.